The topological polar surface area (TPSA) is 54.9 Å². The highest BCUT2D eigenvalue weighted by Crippen LogP contribution is 2.30. The molecule has 6 heteroatoms. The van der Waals surface area contributed by atoms with E-state index in [-0.39, 0.29) is 6.10 Å². The monoisotopic (exact) mass is 321 g/mol. The van der Waals surface area contributed by atoms with Crippen molar-refractivity contribution in [2.75, 3.05) is 38.2 Å². The first kappa shape index (κ1) is 16.5. The molecule has 0 aromatic heterocycles. The summed E-state index contributed by atoms with van der Waals surface area (Å²) in [5.41, 5.74) is 0. The zero-order valence-corrected chi connectivity index (χ0v) is 13.7. The SMILES string of the molecule is C=CCSCCNC(=NC)NCC1COc2ccccc2O1. The number of guanidine groups is 1. The molecule has 0 spiro atoms. The summed E-state index contributed by atoms with van der Waals surface area (Å²) in [7, 11) is 1.76. The van der Waals surface area contributed by atoms with Gasteiger partial charge in [0.25, 0.3) is 0 Å². The molecular weight excluding hydrogens is 298 g/mol. The number of ether oxygens (including phenoxy) is 2. The van der Waals surface area contributed by atoms with E-state index < -0.39 is 0 Å². The van der Waals surface area contributed by atoms with Gasteiger partial charge in [-0.15, -0.1) is 6.58 Å². The van der Waals surface area contributed by atoms with Crippen LogP contribution in [-0.2, 0) is 0 Å². The molecule has 0 radical (unpaired) electrons. The Balaban J connectivity index is 1.69. The van der Waals surface area contributed by atoms with E-state index in [2.05, 4.69) is 22.2 Å². The number of hydrogen-bond donors (Lipinski definition) is 2. The van der Waals surface area contributed by atoms with Crippen LogP contribution in [0.4, 0.5) is 0 Å². The van der Waals surface area contributed by atoms with Crippen molar-refractivity contribution in [3.8, 4) is 11.5 Å². The van der Waals surface area contributed by atoms with E-state index in [4.69, 9.17) is 9.47 Å². The summed E-state index contributed by atoms with van der Waals surface area (Å²) in [6.07, 6.45) is 1.89. The van der Waals surface area contributed by atoms with E-state index in [1.165, 1.54) is 0 Å². The Morgan fingerprint density at radius 2 is 2.23 bits per heavy atom. The van der Waals surface area contributed by atoms with Crippen molar-refractivity contribution in [1.29, 1.82) is 0 Å². The highest BCUT2D eigenvalue weighted by molar-refractivity contribution is 7.99. The number of hydrogen-bond acceptors (Lipinski definition) is 4. The normalized spacial score (nSPS) is 17.0. The summed E-state index contributed by atoms with van der Waals surface area (Å²) in [6.45, 7) is 5.75. The molecule has 1 aliphatic heterocycles. The lowest BCUT2D eigenvalue weighted by Gasteiger charge is -2.27. The summed E-state index contributed by atoms with van der Waals surface area (Å²) >= 11 is 1.84. The Morgan fingerprint density at radius 3 is 3.00 bits per heavy atom. The summed E-state index contributed by atoms with van der Waals surface area (Å²) in [6, 6.07) is 7.72. The third-order valence-electron chi connectivity index (χ3n) is 3.06. The fourth-order valence-corrected chi connectivity index (χ4v) is 2.58. The number of benzene rings is 1. The third-order valence-corrected chi connectivity index (χ3v) is 4.03. The first-order chi connectivity index (χ1) is 10.8. The second-order valence-electron chi connectivity index (χ2n) is 4.74. The lowest BCUT2D eigenvalue weighted by Crippen LogP contribution is -2.45. The van der Waals surface area contributed by atoms with Crippen LogP contribution in [-0.4, -0.2) is 50.3 Å². The molecule has 0 saturated heterocycles. The molecule has 1 heterocycles. The van der Waals surface area contributed by atoms with Gasteiger partial charge in [-0.25, -0.2) is 0 Å². The number of nitrogens with one attached hydrogen (secondary N) is 2. The lowest BCUT2D eigenvalue weighted by molar-refractivity contribution is 0.0936. The highest BCUT2D eigenvalue weighted by Gasteiger charge is 2.20. The molecule has 1 aromatic carbocycles. The van der Waals surface area contributed by atoms with Gasteiger partial charge in [-0.05, 0) is 12.1 Å². The average Bonchev–Trinajstić information content (AvgIpc) is 2.57. The van der Waals surface area contributed by atoms with Crippen molar-refractivity contribution in [1.82, 2.24) is 10.6 Å². The molecule has 0 bridgehead atoms. The summed E-state index contributed by atoms with van der Waals surface area (Å²) in [5, 5.41) is 6.54. The van der Waals surface area contributed by atoms with Gasteiger partial charge in [0.1, 0.15) is 12.7 Å². The van der Waals surface area contributed by atoms with Gasteiger partial charge >= 0.3 is 0 Å². The largest absolute Gasteiger partial charge is 0.486 e. The van der Waals surface area contributed by atoms with Crippen LogP contribution < -0.4 is 20.1 Å². The maximum absolute atomic E-state index is 5.90. The number of rotatable bonds is 7. The second-order valence-corrected chi connectivity index (χ2v) is 5.89. The van der Waals surface area contributed by atoms with Gasteiger partial charge in [0.2, 0.25) is 0 Å². The van der Waals surface area contributed by atoms with Crippen molar-refractivity contribution in [3.63, 3.8) is 0 Å². The van der Waals surface area contributed by atoms with Crippen LogP contribution in [0.25, 0.3) is 0 Å². The zero-order valence-electron chi connectivity index (χ0n) is 12.9. The molecule has 1 aromatic rings. The van der Waals surface area contributed by atoms with Crippen molar-refractivity contribution >= 4 is 17.7 Å². The van der Waals surface area contributed by atoms with Crippen molar-refractivity contribution in [3.05, 3.63) is 36.9 Å². The molecule has 1 unspecified atom stereocenters. The predicted molar refractivity (Wildman–Crippen MR) is 93.2 cm³/mol. The van der Waals surface area contributed by atoms with E-state index in [0.717, 1.165) is 35.5 Å². The highest BCUT2D eigenvalue weighted by atomic mass is 32.2. The van der Waals surface area contributed by atoms with Gasteiger partial charge in [-0.2, -0.15) is 11.8 Å². The molecule has 1 aliphatic rings. The molecule has 2 rings (SSSR count). The fraction of sp³-hybridized carbons (Fsp3) is 0.438. The minimum atomic E-state index is -0.0245. The van der Waals surface area contributed by atoms with E-state index in [1.54, 1.807) is 7.05 Å². The van der Waals surface area contributed by atoms with Crippen LogP contribution in [0, 0.1) is 0 Å². The van der Waals surface area contributed by atoms with Gasteiger partial charge in [0.15, 0.2) is 17.5 Å². The van der Waals surface area contributed by atoms with E-state index in [0.29, 0.717) is 13.2 Å². The van der Waals surface area contributed by atoms with Crippen LogP contribution in [0.15, 0.2) is 41.9 Å². The first-order valence-electron chi connectivity index (χ1n) is 7.35. The van der Waals surface area contributed by atoms with Gasteiger partial charge in [0.05, 0.1) is 6.54 Å². The summed E-state index contributed by atoms with van der Waals surface area (Å²) in [4.78, 5) is 4.20. The molecule has 0 saturated carbocycles. The quantitative estimate of drug-likeness (QED) is 0.348. The van der Waals surface area contributed by atoms with Crippen LogP contribution in [0.1, 0.15) is 0 Å². The molecule has 0 amide bonds. The van der Waals surface area contributed by atoms with Crippen LogP contribution in [0.5, 0.6) is 11.5 Å². The maximum Gasteiger partial charge on any atom is 0.191 e. The van der Waals surface area contributed by atoms with E-state index in [1.807, 2.05) is 42.1 Å². The van der Waals surface area contributed by atoms with Crippen molar-refractivity contribution < 1.29 is 9.47 Å². The number of nitrogens with zero attached hydrogens (tertiary/aromatic N) is 1. The van der Waals surface area contributed by atoms with Gasteiger partial charge in [0, 0.05) is 25.1 Å². The van der Waals surface area contributed by atoms with Crippen LogP contribution >= 0.6 is 11.8 Å². The minimum absolute atomic E-state index is 0.0245. The third kappa shape index (κ3) is 5.18. The Kier molecular flexibility index (Phi) is 6.96. The Hall–Kier alpha value is -1.82. The number of aliphatic imine (C=N–C) groups is 1. The zero-order chi connectivity index (χ0) is 15.6. The molecule has 120 valence electrons. The molecule has 0 aliphatic carbocycles. The number of fused-ring (bicyclic) bond motifs is 1. The molecule has 0 fully saturated rings. The summed E-state index contributed by atoms with van der Waals surface area (Å²) in [5.74, 6) is 4.37. The second kappa shape index (κ2) is 9.25. The van der Waals surface area contributed by atoms with E-state index >= 15 is 0 Å². The smallest absolute Gasteiger partial charge is 0.191 e. The number of thioether (sulfide) groups is 1. The standard InChI is InChI=1S/C16H23N3O2S/c1-3-9-22-10-8-18-16(17-2)19-11-13-12-20-14-6-4-5-7-15(14)21-13/h3-7,13H,1,8-12H2,2H3,(H2,17,18,19). The van der Waals surface area contributed by atoms with Gasteiger partial charge < -0.3 is 20.1 Å². The Labute approximate surface area is 136 Å². The molecule has 2 N–H and O–H groups in total. The number of para-hydroxylation sites is 2. The maximum atomic E-state index is 5.90. The minimum Gasteiger partial charge on any atom is -0.486 e. The molecule has 22 heavy (non-hydrogen) atoms. The fourth-order valence-electron chi connectivity index (χ4n) is 2.00. The molecular formula is C16H23N3O2S. The Morgan fingerprint density at radius 1 is 1.41 bits per heavy atom. The van der Waals surface area contributed by atoms with Crippen LogP contribution in [0.3, 0.4) is 0 Å². The average molecular weight is 321 g/mol. The van der Waals surface area contributed by atoms with Crippen molar-refractivity contribution in [2.45, 2.75) is 6.10 Å². The van der Waals surface area contributed by atoms with Crippen molar-refractivity contribution in [2.24, 2.45) is 4.99 Å². The molecule has 1 atom stereocenters. The predicted octanol–water partition coefficient (Wildman–Crippen LogP) is 1.91. The lowest BCUT2D eigenvalue weighted by atomic mass is 10.2. The van der Waals surface area contributed by atoms with Gasteiger partial charge in [-0.1, -0.05) is 18.2 Å². The first-order valence-corrected chi connectivity index (χ1v) is 8.50. The Bertz CT molecular complexity index is 508. The van der Waals surface area contributed by atoms with Gasteiger partial charge in [-0.3, -0.25) is 4.99 Å². The molecule has 5 nitrogen and oxygen atoms in total. The summed E-state index contributed by atoms with van der Waals surface area (Å²) < 4.78 is 11.6. The van der Waals surface area contributed by atoms with Crippen LogP contribution in [0.2, 0.25) is 0 Å². The van der Waals surface area contributed by atoms with E-state index in [9.17, 15) is 0 Å².